The molecule has 2 rings (SSSR count). The van der Waals surface area contributed by atoms with Crippen LogP contribution in [0, 0.1) is 6.92 Å². The Morgan fingerprint density at radius 1 is 1.15 bits per heavy atom. The van der Waals surface area contributed by atoms with Crippen LogP contribution in [-0.4, -0.2) is 56.8 Å². The number of halogens is 1. The lowest BCUT2D eigenvalue weighted by Crippen LogP contribution is -2.42. The lowest BCUT2D eigenvalue weighted by Gasteiger charge is -2.34. The van der Waals surface area contributed by atoms with Gasteiger partial charge >= 0.3 is 0 Å². The van der Waals surface area contributed by atoms with Crippen molar-refractivity contribution in [3.8, 4) is 0 Å². The second-order valence-corrected chi connectivity index (χ2v) is 6.57. The van der Waals surface area contributed by atoms with Crippen molar-refractivity contribution in [2.45, 2.75) is 39.7 Å². The zero-order valence-electron chi connectivity index (χ0n) is 16.5. The van der Waals surface area contributed by atoms with E-state index in [1.54, 1.807) is 0 Å². The molecule has 1 unspecified atom stereocenters. The minimum absolute atomic E-state index is 0. The van der Waals surface area contributed by atoms with Crippen LogP contribution >= 0.6 is 24.0 Å². The topological polar surface area (TPSA) is 48.9 Å². The number of hydrogen-bond donors (Lipinski definition) is 2. The van der Waals surface area contributed by atoms with Crippen molar-refractivity contribution in [3.05, 3.63) is 35.4 Å². The molecule has 5 nitrogen and oxygen atoms in total. The summed E-state index contributed by atoms with van der Waals surface area (Å²) in [5.41, 5.74) is 2.63. The molecule has 0 spiro atoms. The molecule has 1 aromatic carbocycles. The number of aryl methyl sites for hydroxylation is 1. The van der Waals surface area contributed by atoms with Gasteiger partial charge in [0, 0.05) is 26.2 Å². The second-order valence-electron chi connectivity index (χ2n) is 6.57. The Morgan fingerprint density at radius 2 is 1.85 bits per heavy atom. The highest BCUT2D eigenvalue weighted by Crippen LogP contribution is 2.22. The van der Waals surface area contributed by atoms with Crippen molar-refractivity contribution in [1.82, 2.24) is 15.5 Å². The van der Waals surface area contributed by atoms with Crippen LogP contribution < -0.4 is 10.6 Å². The van der Waals surface area contributed by atoms with Gasteiger partial charge in [-0.15, -0.1) is 24.0 Å². The lowest BCUT2D eigenvalue weighted by atomic mass is 10.0. The third-order valence-corrected chi connectivity index (χ3v) is 4.54. The molecule has 1 fully saturated rings. The summed E-state index contributed by atoms with van der Waals surface area (Å²) in [7, 11) is 0. The first-order valence-corrected chi connectivity index (χ1v) is 9.65. The van der Waals surface area contributed by atoms with E-state index in [1.807, 2.05) is 0 Å². The number of ether oxygens (including phenoxy) is 1. The molecule has 1 aliphatic heterocycles. The van der Waals surface area contributed by atoms with Crippen LogP contribution in [0.2, 0.25) is 0 Å². The minimum atomic E-state index is 0. The fourth-order valence-corrected chi connectivity index (χ4v) is 3.01. The summed E-state index contributed by atoms with van der Waals surface area (Å²) in [5, 5.41) is 6.79. The lowest BCUT2D eigenvalue weighted by molar-refractivity contribution is 0.0179. The molecule has 0 saturated carbocycles. The first kappa shape index (κ1) is 23.2. The third-order valence-electron chi connectivity index (χ3n) is 4.54. The Labute approximate surface area is 176 Å². The Kier molecular flexibility index (Phi) is 11.9. The van der Waals surface area contributed by atoms with Crippen LogP contribution in [0.4, 0.5) is 0 Å². The van der Waals surface area contributed by atoms with E-state index in [-0.39, 0.29) is 24.0 Å². The summed E-state index contributed by atoms with van der Waals surface area (Å²) in [5.74, 6) is 0.918. The number of nitrogens with zero attached hydrogens (tertiary/aromatic N) is 2. The van der Waals surface area contributed by atoms with Gasteiger partial charge in [0.1, 0.15) is 0 Å². The van der Waals surface area contributed by atoms with E-state index in [9.17, 15) is 0 Å². The maximum Gasteiger partial charge on any atom is 0.191 e. The van der Waals surface area contributed by atoms with Gasteiger partial charge in [0.05, 0.1) is 25.8 Å². The Hall–Kier alpha value is -0.860. The monoisotopic (exact) mass is 474 g/mol. The average molecular weight is 474 g/mol. The number of benzene rings is 1. The van der Waals surface area contributed by atoms with E-state index in [4.69, 9.17) is 9.73 Å². The van der Waals surface area contributed by atoms with Gasteiger partial charge < -0.3 is 15.4 Å². The van der Waals surface area contributed by atoms with Gasteiger partial charge in [-0.2, -0.15) is 0 Å². The van der Waals surface area contributed by atoms with Crippen LogP contribution in [0.3, 0.4) is 0 Å². The molecule has 1 heterocycles. The molecule has 148 valence electrons. The summed E-state index contributed by atoms with van der Waals surface area (Å²) in [6.07, 6.45) is 2.35. The zero-order chi connectivity index (χ0) is 17.9. The van der Waals surface area contributed by atoms with Crippen molar-refractivity contribution >= 4 is 29.9 Å². The Bertz CT molecular complexity index is 515. The molecule has 1 saturated heterocycles. The molecular formula is C20H35IN4O. The standard InChI is InChI=1S/C20H34N4O.HI/c1-4-6-11-22-20(21-5-2)23-16-19(24-12-14-25-15-13-24)18-9-7-17(3)8-10-18;/h7-10,19H,4-6,11-16H2,1-3H3,(H2,21,22,23);1H. The molecule has 0 aromatic heterocycles. The van der Waals surface area contributed by atoms with Crippen molar-refractivity contribution in [2.24, 2.45) is 4.99 Å². The predicted molar refractivity (Wildman–Crippen MR) is 121 cm³/mol. The maximum absolute atomic E-state index is 5.53. The van der Waals surface area contributed by atoms with Gasteiger partial charge in [-0.1, -0.05) is 43.2 Å². The van der Waals surface area contributed by atoms with Gasteiger partial charge in [0.2, 0.25) is 0 Å². The largest absolute Gasteiger partial charge is 0.379 e. The van der Waals surface area contributed by atoms with Crippen LogP contribution in [-0.2, 0) is 4.74 Å². The normalized spacial score (nSPS) is 16.7. The molecule has 1 aromatic rings. The summed E-state index contributed by atoms with van der Waals surface area (Å²) in [4.78, 5) is 7.36. The van der Waals surface area contributed by atoms with Crippen molar-refractivity contribution in [1.29, 1.82) is 0 Å². The number of hydrogen-bond acceptors (Lipinski definition) is 3. The smallest absolute Gasteiger partial charge is 0.191 e. The van der Waals surface area contributed by atoms with E-state index in [0.717, 1.165) is 58.3 Å². The van der Waals surface area contributed by atoms with E-state index in [2.05, 4.69) is 60.6 Å². The van der Waals surface area contributed by atoms with E-state index in [1.165, 1.54) is 17.5 Å². The number of guanidine groups is 1. The highest BCUT2D eigenvalue weighted by Gasteiger charge is 2.22. The highest BCUT2D eigenvalue weighted by molar-refractivity contribution is 14.0. The van der Waals surface area contributed by atoms with Crippen LogP contribution in [0.25, 0.3) is 0 Å². The highest BCUT2D eigenvalue weighted by atomic mass is 127. The van der Waals surface area contributed by atoms with Gasteiger partial charge in [-0.25, -0.2) is 0 Å². The van der Waals surface area contributed by atoms with Gasteiger partial charge in [0.25, 0.3) is 0 Å². The summed E-state index contributed by atoms with van der Waals surface area (Å²) < 4.78 is 5.53. The second kappa shape index (κ2) is 13.3. The summed E-state index contributed by atoms with van der Waals surface area (Å²) in [6.45, 7) is 12.6. The van der Waals surface area contributed by atoms with E-state index < -0.39 is 0 Å². The maximum atomic E-state index is 5.53. The third kappa shape index (κ3) is 7.80. The summed E-state index contributed by atoms with van der Waals surface area (Å²) in [6, 6.07) is 9.16. The average Bonchev–Trinajstić information content (AvgIpc) is 2.64. The van der Waals surface area contributed by atoms with Gasteiger partial charge in [0.15, 0.2) is 5.96 Å². The molecular weight excluding hydrogens is 439 g/mol. The number of nitrogens with one attached hydrogen (secondary N) is 2. The SMILES string of the molecule is CCCCNC(=NCC(c1ccc(C)cc1)N1CCOCC1)NCC.I. The molecule has 0 aliphatic carbocycles. The van der Waals surface area contributed by atoms with Crippen LogP contribution in [0.1, 0.15) is 43.9 Å². The molecule has 0 bridgehead atoms. The molecule has 0 radical (unpaired) electrons. The quantitative estimate of drug-likeness (QED) is 0.263. The molecule has 2 N–H and O–H groups in total. The molecule has 1 atom stereocenters. The number of rotatable bonds is 8. The Balaban J connectivity index is 0.00000338. The van der Waals surface area contributed by atoms with Gasteiger partial charge in [-0.05, 0) is 25.8 Å². The molecule has 26 heavy (non-hydrogen) atoms. The minimum Gasteiger partial charge on any atom is -0.379 e. The molecule has 0 amide bonds. The molecule has 1 aliphatic rings. The number of aliphatic imine (C=N–C) groups is 1. The van der Waals surface area contributed by atoms with Crippen LogP contribution in [0.15, 0.2) is 29.3 Å². The first-order chi connectivity index (χ1) is 12.2. The fourth-order valence-electron chi connectivity index (χ4n) is 3.01. The van der Waals surface area contributed by atoms with Crippen molar-refractivity contribution < 1.29 is 4.74 Å². The molecule has 6 heteroatoms. The first-order valence-electron chi connectivity index (χ1n) is 9.65. The summed E-state index contributed by atoms with van der Waals surface area (Å²) >= 11 is 0. The Morgan fingerprint density at radius 3 is 2.46 bits per heavy atom. The number of unbranched alkanes of at least 4 members (excludes halogenated alkanes) is 1. The zero-order valence-corrected chi connectivity index (χ0v) is 18.8. The van der Waals surface area contributed by atoms with E-state index >= 15 is 0 Å². The fraction of sp³-hybridized carbons (Fsp3) is 0.650. The van der Waals surface area contributed by atoms with Crippen LogP contribution in [0.5, 0.6) is 0 Å². The van der Waals surface area contributed by atoms with E-state index in [0.29, 0.717) is 6.04 Å². The van der Waals surface area contributed by atoms with Crippen molar-refractivity contribution in [2.75, 3.05) is 45.9 Å². The number of morpholine rings is 1. The predicted octanol–water partition coefficient (Wildman–Crippen LogP) is 3.34. The van der Waals surface area contributed by atoms with Crippen molar-refractivity contribution in [3.63, 3.8) is 0 Å². The van der Waals surface area contributed by atoms with Gasteiger partial charge in [-0.3, -0.25) is 9.89 Å².